The van der Waals surface area contributed by atoms with Gasteiger partial charge < -0.3 is 4.90 Å². The monoisotopic (exact) mass is 343 g/mol. The molecule has 0 aromatic carbocycles. The minimum atomic E-state index is -0.572. The number of pyridine rings is 1. The normalized spacial score (nSPS) is 17.3. The zero-order chi connectivity index (χ0) is 16.5. The highest BCUT2D eigenvalue weighted by Gasteiger charge is 2.31. The molecule has 0 radical (unpaired) electrons. The molecule has 3 aromatic heterocycles. The molecule has 1 aliphatic heterocycles. The van der Waals surface area contributed by atoms with Crippen molar-refractivity contribution in [3.05, 3.63) is 51.7 Å². The molecule has 1 amide bonds. The highest BCUT2D eigenvalue weighted by Crippen LogP contribution is 2.27. The molecule has 1 atom stereocenters. The number of aromatic amines is 1. The van der Waals surface area contributed by atoms with Crippen LogP contribution in [0.25, 0.3) is 11.4 Å². The number of hydrogen-bond donors (Lipinski definition) is 1. The van der Waals surface area contributed by atoms with E-state index in [2.05, 4.69) is 24.0 Å². The Morgan fingerprint density at radius 2 is 2.29 bits per heavy atom. The molecule has 122 valence electrons. The van der Waals surface area contributed by atoms with Crippen LogP contribution in [-0.4, -0.2) is 43.4 Å². The third kappa shape index (κ3) is 2.73. The smallest absolute Gasteiger partial charge is 0.337 e. The molecule has 0 bridgehead atoms. The number of carbonyl (C=O) groups excluding carboxylic acids is 1. The Morgan fingerprint density at radius 1 is 1.38 bits per heavy atom. The molecule has 1 fully saturated rings. The number of nitrogens with one attached hydrogen (secondary N) is 1. The number of rotatable bonds is 3. The Bertz CT molecular complexity index is 916. The fraction of sp³-hybridized carbons (Fsp3) is 0.267. The maximum absolute atomic E-state index is 12.6. The van der Waals surface area contributed by atoms with Crippen LogP contribution < -0.4 is 5.76 Å². The molecule has 9 heteroatoms. The van der Waals surface area contributed by atoms with Crippen LogP contribution in [0.15, 0.2) is 39.8 Å². The summed E-state index contributed by atoms with van der Waals surface area (Å²) >= 11 is 1.17. The molecular formula is C15H13N5O3S. The SMILES string of the molecule is O=C(c1cc(-c2ccccn2)ns1)N1CCC(c2noc(=O)[nH]2)C1. The number of carbonyl (C=O) groups is 1. The Balaban J connectivity index is 1.49. The predicted molar refractivity (Wildman–Crippen MR) is 85.7 cm³/mol. The first-order valence-corrected chi connectivity index (χ1v) is 8.21. The molecule has 0 saturated carbocycles. The summed E-state index contributed by atoms with van der Waals surface area (Å²) in [6.07, 6.45) is 2.43. The largest absolute Gasteiger partial charge is 0.438 e. The first-order valence-electron chi connectivity index (χ1n) is 7.44. The Labute approximate surface area is 140 Å². The summed E-state index contributed by atoms with van der Waals surface area (Å²) in [7, 11) is 0. The lowest BCUT2D eigenvalue weighted by Crippen LogP contribution is -2.27. The van der Waals surface area contributed by atoms with E-state index in [9.17, 15) is 9.59 Å². The lowest BCUT2D eigenvalue weighted by molar-refractivity contribution is 0.0795. The summed E-state index contributed by atoms with van der Waals surface area (Å²) < 4.78 is 8.85. The number of aromatic nitrogens is 4. The van der Waals surface area contributed by atoms with Gasteiger partial charge in [0.15, 0.2) is 5.82 Å². The first kappa shape index (κ1) is 14.8. The van der Waals surface area contributed by atoms with E-state index >= 15 is 0 Å². The van der Waals surface area contributed by atoms with Crippen molar-refractivity contribution in [3.8, 4) is 11.4 Å². The van der Waals surface area contributed by atoms with Crippen molar-refractivity contribution in [1.82, 2.24) is 24.4 Å². The van der Waals surface area contributed by atoms with E-state index in [1.165, 1.54) is 11.5 Å². The number of amides is 1. The summed E-state index contributed by atoms with van der Waals surface area (Å²) in [5, 5.41) is 3.71. The quantitative estimate of drug-likeness (QED) is 0.773. The van der Waals surface area contributed by atoms with Crippen LogP contribution in [0.4, 0.5) is 0 Å². The second-order valence-electron chi connectivity index (χ2n) is 5.51. The molecule has 1 unspecified atom stereocenters. The van der Waals surface area contributed by atoms with E-state index < -0.39 is 5.76 Å². The van der Waals surface area contributed by atoms with Crippen LogP contribution in [0.5, 0.6) is 0 Å². The van der Waals surface area contributed by atoms with Gasteiger partial charge in [0.1, 0.15) is 10.6 Å². The number of hydrogen-bond acceptors (Lipinski definition) is 7. The fourth-order valence-corrected chi connectivity index (χ4v) is 3.47. The molecule has 1 saturated heterocycles. The summed E-state index contributed by atoms with van der Waals surface area (Å²) in [4.78, 5) is 32.8. The van der Waals surface area contributed by atoms with E-state index in [0.29, 0.717) is 29.5 Å². The number of likely N-dealkylation sites (tertiary alicyclic amines) is 1. The Hall–Kier alpha value is -2.81. The number of nitrogens with zero attached hydrogens (tertiary/aromatic N) is 4. The molecule has 1 N–H and O–H groups in total. The van der Waals surface area contributed by atoms with Crippen molar-refractivity contribution in [2.24, 2.45) is 0 Å². The molecule has 8 nitrogen and oxygen atoms in total. The van der Waals surface area contributed by atoms with Crippen molar-refractivity contribution in [2.75, 3.05) is 13.1 Å². The molecule has 1 aliphatic rings. The average molecular weight is 343 g/mol. The predicted octanol–water partition coefficient (Wildman–Crippen LogP) is 1.51. The van der Waals surface area contributed by atoms with E-state index in [1.54, 1.807) is 17.2 Å². The van der Waals surface area contributed by atoms with Crippen molar-refractivity contribution in [1.29, 1.82) is 0 Å². The van der Waals surface area contributed by atoms with Crippen LogP contribution in [-0.2, 0) is 0 Å². The average Bonchev–Trinajstić information content (AvgIpc) is 3.35. The van der Waals surface area contributed by atoms with E-state index in [4.69, 9.17) is 0 Å². The van der Waals surface area contributed by atoms with E-state index in [1.807, 2.05) is 18.2 Å². The highest BCUT2D eigenvalue weighted by molar-refractivity contribution is 7.08. The van der Waals surface area contributed by atoms with Gasteiger partial charge >= 0.3 is 5.76 Å². The van der Waals surface area contributed by atoms with Gasteiger partial charge in [-0.25, -0.2) is 4.79 Å². The molecule has 3 aromatic rings. The van der Waals surface area contributed by atoms with Crippen LogP contribution in [0.2, 0.25) is 0 Å². The summed E-state index contributed by atoms with van der Waals surface area (Å²) in [5.41, 5.74) is 1.44. The van der Waals surface area contributed by atoms with E-state index in [0.717, 1.165) is 12.1 Å². The lowest BCUT2D eigenvalue weighted by atomic mass is 10.1. The fourth-order valence-electron chi connectivity index (χ4n) is 2.75. The van der Waals surface area contributed by atoms with E-state index in [-0.39, 0.29) is 11.8 Å². The molecular weight excluding hydrogens is 330 g/mol. The summed E-state index contributed by atoms with van der Waals surface area (Å²) in [5.74, 6) is -0.155. The van der Waals surface area contributed by atoms with Crippen molar-refractivity contribution in [2.45, 2.75) is 12.3 Å². The minimum absolute atomic E-state index is 0.0106. The van der Waals surface area contributed by atoms with Crippen molar-refractivity contribution in [3.63, 3.8) is 0 Å². The second kappa shape index (κ2) is 6.00. The van der Waals surface area contributed by atoms with Gasteiger partial charge in [-0.1, -0.05) is 11.2 Å². The Morgan fingerprint density at radius 3 is 3.04 bits per heavy atom. The third-order valence-corrected chi connectivity index (χ3v) is 4.74. The van der Waals surface area contributed by atoms with Gasteiger partial charge in [0.2, 0.25) is 0 Å². The van der Waals surface area contributed by atoms with Crippen LogP contribution >= 0.6 is 11.5 Å². The van der Waals surface area contributed by atoms with Crippen LogP contribution in [0.3, 0.4) is 0 Å². The zero-order valence-electron chi connectivity index (χ0n) is 12.5. The number of H-pyrrole nitrogens is 1. The van der Waals surface area contributed by atoms with Gasteiger partial charge in [0, 0.05) is 25.2 Å². The molecule has 0 spiro atoms. The minimum Gasteiger partial charge on any atom is -0.337 e. The molecule has 4 rings (SSSR count). The maximum atomic E-state index is 12.6. The summed E-state index contributed by atoms with van der Waals surface area (Å²) in [6.45, 7) is 1.10. The highest BCUT2D eigenvalue weighted by atomic mass is 32.1. The zero-order valence-corrected chi connectivity index (χ0v) is 13.3. The lowest BCUT2D eigenvalue weighted by Gasteiger charge is -2.14. The van der Waals surface area contributed by atoms with Gasteiger partial charge in [-0.05, 0) is 36.2 Å². The standard InChI is InChI=1S/C15H13N5O3S/c21-14(12-7-11(19-24-12)10-3-1-2-5-16-10)20-6-4-9(8-20)13-17-15(22)23-18-13/h1-3,5,7,9H,4,6,8H2,(H,17,18,22). The maximum Gasteiger partial charge on any atom is 0.438 e. The second-order valence-corrected chi connectivity index (χ2v) is 6.31. The topological polar surface area (TPSA) is 105 Å². The first-order chi connectivity index (χ1) is 11.7. The van der Waals surface area contributed by atoms with Gasteiger partial charge in [0.05, 0.1) is 5.69 Å². The molecule has 24 heavy (non-hydrogen) atoms. The van der Waals surface area contributed by atoms with Gasteiger partial charge in [-0.2, -0.15) is 4.37 Å². The van der Waals surface area contributed by atoms with Crippen molar-refractivity contribution >= 4 is 17.4 Å². The van der Waals surface area contributed by atoms with Gasteiger partial charge in [-0.15, -0.1) is 0 Å². The molecule has 0 aliphatic carbocycles. The van der Waals surface area contributed by atoms with Gasteiger partial charge in [-0.3, -0.25) is 19.3 Å². The van der Waals surface area contributed by atoms with Gasteiger partial charge in [0.25, 0.3) is 5.91 Å². The van der Waals surface area contributed by atoms with Crippen LogP contribution in [0.1, 0.15) is 27.8 Å². The summed E-state index contributed by atoms with van der Waals surface area (Å²) in [6, 6.07) is 7.34. The van der Waals surface area contributed by atoms with Crippen molar-refractivity contribution < 1.29 is 9.32 Å². The molecule has 4 heterocycles. The third-order valence-electron chi connectivity index (χ3n) is 3.97. The Kier molecular flexibility index (Phi) is 3.69. The van der Waals surface area contributed by atoms with Crippen LogP contribution in [0, 0.1) is 0 Å².